The van der Waals surface area contributed by atoms with Crippen molar-refractivity contribution >= 4 is 13.1 Å². The molecule has 3 atom stereocenters. The summed E-state index contributed by atoms with van der Waals surface area (Å²) in [6.07, 6.45) is 6.55. The van der Waals surface area contributed by atoms with Gasteiger partial charge in [-0.05, 0) is 56.8 Å². The molecule has 0 aromatic carbocycles. The lowest BCUT2D eigenvalue weighted by Gasteiger charge is -2.28. The fraction of sp³-hybridized carbons (Fsp3) is 0.929. The molecule has 0 spiro atoms. The normalized spacial score (nSPS) is 32.9. The van der Waals surface area contributed by atoms with Crippen LogP contribution in [0.2, 0.25) is 6.32 Å². The van der Waals surface area contributed by atoms with Crippen LogP contribution in [0.5, 0.6) is 0 Å². The Balaban J connectivity index is 1.85. The minimum atomic E-state index is -1.32. The molecule has 0 bridgehead atoms. The van der Waals surface area contributed by atoms with Crippen molar-refractivity contribution in [3.8, 4) is 0 Å². The molecule has 0 amide bonds. The smallest absolute Gasteiger partial charge is 0.451 e. The molecule has 0 radical (unpaired) electrons. The van der Waals surface area contributed by atoms with Crippen LogP contribution < -0.4 is 11.1 Å². The zero-order chi connectivity index (χ0) is 15.5. The van der Waals surface area contributed by atoms with E-state index in [1.165, 1.54) is 19.3 Å². The van der Waals surface area contributed by atoms with Gasteiger partial charge in [-0.25, -0.2) is 0 Å². The number of aliphatic carboxylic acids is 1. The van der Waals surface area contributed by atoms with E-state index in [0.717, 1.165) is 13.0 Å². The Morgan fingerprint density at radius 3 is 2.62 bits per heavy atom. The first-order valence-corrected chi connectivity index (χ1v) is 8.03. The third-order valence-electron chi connectivity index (χ3n) is 5.19. The maximum Gasteiger partial charge on any atom is 0.451 e. The minimum absolute atomic E-state index is 0.0815. The highest BCUT2D eigenvalue weighted by molar-refractivity contribution is 6.40. The Morgan fingerprint density at radius 1 is 1.38 bits per heavy atom. The average Bonchev–Trinajstić information content (AvgIpc) is 2.65. The van der Waals surface area contributed by atoms with Crippen molar-refractivity contribution in [1.82, 2.24) is 5.32 Å². The minimum Gasteiger partial charge on any atom is -0.480 e. The number of nitrogens with one attached hydrogen (secondary N) is 1. The van der Waals surface area contributed by atoms with Gasteiger partial charge in [0.15, 0.2) is 0 Å². The van der Waals surface area contributed by atoms with Gasteiger partial charge in [-0.2, -0.15) is 0 Å². The van der Waals surface area contributed by atoms with Gasteiger partial charge in [-0.15, -0.1) is 0 Å². The lowest BCUT2D eigenvalue weighted by molar-refractivity contribution is -0.145. The summed E-state index contributed by atoms with van der Waals surface area (Å²) in [4.78, 5) is 11.5. The second kappa shape index (κ2) is 7.09. The number of carboxylic acids is 1. The Morgan fingerprint density at radius 2 is 2.10 bits per heavy atom. The van der Waals surface area contributed by atoms with Crippen LogP contribution in [0, 0.1) is 11.8 Å². The highest BCUT2D eigenvalue weighted by atomic mass is 16.4. The van der Waals surface area contributed by atoms with Gasteiger partial charge in [-0.3, -0.25) is 4.79 Å². The summed E-state index contributed by atoms with van der Waals surface area (Å²) in [6.45, 7) is 0.843. The maximum absolute atomic E-state index is 11.5. The number of rotatable bonds is 8. The summed E-state index contributed by atoms with van der Waals surface area (Å²) in [5, 5.41) is 30.8. The Kier molecular flexibility index (Phi) is 5.65. The van der Waals surface area contributed by atoms with Crippen molar-refractivity contribution in [2.24, 2.45) is 17.6 Å². The van der Waals surface area contributed by atoms with Crippen LogP contribution in [-0.4, -0.2) is 46.4 Å². The number of nitrogens with two attached hydrogens (primary N) is 1. The largest absolute Gasteiger partial charge is 0.480 e. The van der Waals surface area contributed by atoms with Crippen molar-refractivity contribution < 1.29 is 19.9 Å². The maximum atomic E-state index is 11.5. The molecular formula is C14H27BN2O4. The molecule has 2 fully saturated rings. The van der Waals surface area contributed by atoms with Crippen LogP contribution in [0.15, 0.2) is 0 Å². The molecule has 2 aliphatic rings. The van der Waals surface area contributed by atoms with E-state index in [1.807, 2.05) is 0 Å². The highest BCUT2D eigenvalue weighted by Gasteiger charge is 2.49. The Hall–Kier alpha value is -0.625. The molecule has 0 saturated heterocycles. The standard InChI is InChI=1S/C14H27BN2O4/c16-14(13(18)19)8-10(9-17-12-4-1-5-12)7-11(14)3-2-6-15(20)21/h10-12,17,20-21H,1-9,16H2,(H,18,19)/t10-,11-,14+/m0/s1. The molecule has 7 heteroatoms. The summed E-state index contributed by atoms with van der Waals surface area (Å²) in [6, 6.07) is 0.602. The van der Waals surface area contributed by atoms with Gasteiger partial charge >= 0.3 is 13.1 Å². The number of carboxylic acid groups (broad SMARTS) is 1. The predicted molar refractivity (Wildman–Crippen MR) is 80.6 cm³/mol. The van der Waals surface area contributed by atoms with Crippen molar-refractivity contribution in [1.29, 1.82) is 0 Å². The van der Waals surface area contributed by atoms with Crippen LogP contribution in [-0.2, 0) is 4.79 Å². The summed E-state index contributed by atoms with van der Waals surface area (Å²) in [5.41, 5.74) is 4.99. The Bertz CT molecular complexity index is 365. The van der Waals surface area contributed by atoms with E-state index in [0.29, 0.717) is 31.2 Å². The highest BCUT2D eigenvalue weighted by Crippen LogP contribution is 2.41. The molecule has 0 unspecified atom stereocenters. The van der Waals surface area contributed by atoms with E-state index in [1.54, 1.807) is 0 Å². The molecule has 0 heterocycles. The average molecular weight is 298 g/mol. The fourth-order valence-corrected chi connectivity index (χ4v) is 3.63. The molecule has 2 aliphatic carbocycles. The molecule has 0 aromatic heterocycles. The molecule has 0 aliphatic heterocycles. The van der Waals surface area contributed by atoms with E-state index in [-0.39, 0.29) is 12.2 Å². The first-order valence-electron chi connectivity index (χ1n) is 8.03. The Labute approximate surface area is 126 Å². The third kappa shape index (κ3) is 4.19. The van der Waals surface area contributed by atoms with E-state index < -0.39 is 18.6 Å². The second-order valence-electron chi connectivity index (χ2n) is 6.80. The lowest BCUT2D eigenvalue weighted by Crippen LogP contribution is -2.51. The number of carbonyl (C=O) groups is 1. The van der Waals surface area contributed by atoms with Gasteiger partial charge in [0.1, 0.15) is 5.54 Å². The molecule has 2 saturated carbocycles. The molecule has 21 heavy (non-hydrogen) atoms. The topological polar surface area (TPSA) is 116 Å². The van der Waals surface area contributed by atoms with E-state index in [9.17, 15) is 9.90 Å². The molecule has 120 valence electrons. The molecule has 6 nitrogen and oxygen atoms in total. The zero-order valence-corrected chi connectivity index (χ0v) is 12.5. The lowest BCUT2D eigenvalue weighted by atomic mass is 9.78. The van der Waals surface area contributed by atoms with E-state index >= 15 is 0 Å². The van der Waals surface area contributed by atoms with Gasteiger partial charge in [0.2, 0.25) is 0 Å². The van der Waals surface area contributed by atoms with Crippen molar-refractivity contribution in [3.05, 3.63) is 0 Å². The first kappa shape index (κ1) is 16.7. The first-order chi connectivity index (χ1) is 9.91. The molecule has 6 N–H and O–H groups in total. The van der Waals surface area contributed by atoms with Crippen molar-refractivity contribution in [2.45, 2.75) is 62.8 Å². The van der Waals surface area contributed by atoms with Gasteiger partial charge < -0.3 is 26.2 Å². The second-order valence-corrected chi connectivity index (χ2v) is 6.80. The molecule has 0 aromatic rings. The number of hydrogen-bond donors (Lipinski definition) is 5. The van der Waals surface area contributed by atoms with Crippen LogP contribution in [0.4, 0.5) is 0 Å². The van der Waals surface area contributed by atoms with E-state index in [2.05, 4.69) is 5.32 Å². The van der Waals surface area contributed by atoms with Gasteiger partial charge in [0.05, 0.1) is 0 Å². The van der Waals surface area contributed by atoms with Crippen LogP contribution >= 0.6 is 0 Å². The summed E-state index contributed by atoms with van der Waals surface area (Å²) < 4.78 is 0. The summed E-state index contributed by atoms with van der Waals surface area (Å²) >= 11 is 0. The zero-order valence-electron chi connectivity index (χ0n) is 12.5. The quantitative estimate of drug-likeness (QED) is 0.409. The van der Waals surface area contributed by atoms with E-state index in [4.69, 9.17) is 15.8 Å². The monoisotopic (exact) mass is 298 g/mol. The van der Waals surface area contributed by atoms with Crippen LogP contribution in [0.3, 0.4) is 0 Å². The van der Waals surface area contributed by atoms with Gasteiger partial charge in [0, 0.05) is 6.04 Å². The predicted octanol–water partition coefficient (Wildman–Crippen LogP) is 0.190. The summed E-state index contributed by atoms with van der Waals surface area (Å²) in [7, 11) is -1.32. The van der Waals surface area contributed by atoms with Crippen molar-refractivity contribution in [3.63, 3.8) is 0 Å². The van der Waals surface area contributed by atoms with Crippen molar-refractivity contribution in [2.75, 3.05) is 6.54 Å². The fourth-order valence-electron chi connectivity index (χ4n) is 3.63. The number of hydrogen-bond acceptors (Lipinski definition) is 5. The summed E-state index contributed by atoms with van der Waals surface area (Å²) in [5.74, 6) is -0.708. The van der Waals surface area contributed by atoms with Crippen LogP contribution in [0.1, 0.15) is 44.9 Å². The van der Waals surface area contributed by atoms with Gasteiger partial charge in [0.25, 0.3) is 0 Å². The van der Waals surface area contributed by atoms with Gasteiger partial charge in [-0.1, -0.05) is 12.8 Å². The van der Waals surface area contributed by atoms with Crippen LogP contribution in [0.25, 0.3) is 0 Å². The third-order valence-corrected chi connectivity index (χ3v) is 5.19. The SMILES string of the molecule is N[C@]1(C(=O)O)C[C@@H](CNC2CCC2)C[C@@H]1CCCB(O)O. The molecular weight excluding hydrogens is 271 g/mol. The molecule has 2 rings (SSSR count).